The first-order valence-electron chi connectivity index (χ1n) is 5.16. The quantitative estimate of drug-likeness (QED) is 0.386. The third kappa shape index (κ3) is 4.30. The predicted octanol–water partition coefficient (Wildman–Crippen LogP) is 4.30. The lowest BCUT2D eigenvalue weighted by Crippen LogP contribution is -1.92. The summed E-state index contributed by atoms with van der Waals surface area (Å²) in [4.78, 5) is 0. The third-order valence-corrected chi connectivity index (χ3v) is 3.04. The lowest BCUT2D eigenvalue weighted by atomic mass is 10.00. The van der Waals surface area contributed by atoms with Crippen molar-refractivity contribution in [1.82, 2.24) is 0 Å². The van der Waals surface area contributed by atoms with Crippen molar-refractivity contribution in [3.8, 4) is 0 Å². The van der Waals surface area contributed by atoms with Crippen molar-refractivity contribution in [2.24, 2.45) is 5.92 Å². The fourth-order valence-electron chi connectivity index (χ4n) is 1.86. The van der Waals surface area contributed by atoms with Crippen LogP contribution >= 0.6 is 15.9 Å². The molecule has 1 saturated carbocycles. The molecule has 0 aromatic heterocycles. The van der Waals surface area contributed by atoms with Gasteiger partial charge in [0.15, 0.2) is 0 Å². The average molecular weight is 231 g/mol. The van der Waals surface area contributed by atoms with Crippen LogP contribution in [0.5, 0.6) is 0 Å². The first kappa shape index (κ1) is 10.3. The van der Waals surface area contributed by atoms with Crippen LogP contribution in [0.15, 0.2) is 12.2 Å². The Kier molecular flexibility index (Phi) is 5.76. The summed E-state index contributed by atoms with van der Waals surface area (Å²) >= 11 is 3.44. The molecule has 0 unspecified atom stereocenters. The molecule has 0 N–H and O–H groups in total. The number of halogens is 1. The molecule has 1 aliphatic rings. The van der Waals surface area contributed by atoms with E-state index in [2.05, 4.69) is 28.1 Å². The van der Waals surface area contributed by atoms with Crippen LogP contribution in [0, 0.1) is 5.92 Å². The second-order valence-corrected chi connectivity index (χ2v) is 4.45. The van der Waals surface area contributed by atoms with Gasteiger partial charge in [-0.1, -0.05) is 53.8 Å². The standard InChI is InChI=1S/C11H19Br/c12-10-6-5-9-11-7-3-1-2-4-8-11/h5,9,11H,1-4,6-8,10H2/b9-5+. The van der Waals surface area contributed by atoms with E-state index in [1.807, 2.05) is 0 Å². The highest BCUT2D eigenvalue weighted by Crippen LogP contribution is 2.23. The van der Waals surface area contributed by atoms with Gasteiger partial charge >= 0.3 is 0 Å². The minimum Gasteiger partial charge on any atom is -0.0925 e. The minimum atomic E-state index is 0.895. The van der Waals surface area contributed by atoms with E-state index in [0.717, 1.165) is 11.2 Å². The Hall–Kier alpha value is 0.220. The Labute approximate surface area is 84.6 Å². The van der Waals surface area contributed by atoms with Gasteiger partial charge in [-0.25, -0.2) is 0 Å². The summed E-state index contributed by atoms with van der Waals surface area (Å²) in [7, 11) is 0. The zero-order chi connectivity index (χ0) is 8.65. The van der Waals surface area contributed by atoms with Crippen molar-refractivity contribution in [3.05, 3.63) is 12.2 Å². The van der Waals surface area contributed by atoms with E-state index in [1.165, 1.54) is 44.9 Å². The van der Waals surface area contributed by atoms with Gasteiger partial charge < -0.3 is 0 Å². The summed E-state index contributed by atoms with van der Waals surface area (Å²) in [5.74, 6) is 0.895. The smallest absolute Gasteiger partial charge is 0.00659 e. The van der Waals surface area contributed by atoms with Crippen LogP contribution in [-0.4, -0.2) is 5.33 Å². The van der Waals surface area contributed by atoms with Crippen LogP contribution in [0.2, 0.25) is 0 Å². The molecule has 70 valence electrons. The van der Waals surface area contributed by atoms with Crippen LogP contribution in [0.25, 0.3) is 0 Å². The fourth-order valence-corrected chi connectivity index (χ4v) is 2.12. The van der Waals surface area contributed by atoms with Gasteiger partial charge in [0.1, 0.15) is 0 Å². The number of rotatable bonds is 3. The molecule has 0 heterocycles. The molecule has 0 saturated heterocycles. The molecular weight excluding hydrogens is 212 g/mol. The molecule has 0 spiro atoms. The second kappa shape index (κ2) is 6.71. The lowest BCUT2D eigenvalue weighted by molar-refractivity contribution is 0.558. The highest BCUT2D eigenvalue weighted by atomic mass is 79.9. The molecule has 0 amide bonds. The van der Waals surface area contributed by atoms with Crippen molar-refractivity contribution >= 4 is 15.9 Å². The summed E-state index contributed by atoms with van der Waals surface area (Å²) in [6.07, 6.45) is 14.6. The average Bonchev–Trinajstić information content (AvgIpc) is 2.33. The Morgan fingerprint density at radius 2 is 1.75 bits per heavy atom. The van der Waals surface area contributed by atoms with E-state index in [-0.39, 0.29) is 0 Å². The largest absolute Gasteiger partial charge is 0.0925 e. The molecule has 0 atom stereocenters. The molecule has 1 aliphatic carbocycles. The predicted molar refractivity (Wildman–Crippen MR) is 58.7 cm³/mol. The Morgan fingerprint density at radius 1 is 1.08 bits per heavy atom. The first-order chi connectivity index (χ1) is 5.93. The van der Waals surface area contributed by atoms with Crippen LogP contribution in [-0.2, 0) is 0 Å². The molecule has 1 fully saturated rings. The van der Waals surface area contributed by atoms with Crippen molar-refractivity contribution in [2.75, 3.05) is 5.33 Å². The van der Waals surface area contributed by atoms with E-state index in [4.69, 9.17) is 0 Å². The molecule has 0 bridgehead atoms. The monoisotopic (exact) mass is 230 g/mol. The van der Waals surface area contributed by atoms with E-state index >= 15 is 0 Å². The van der Waals surface area contributed by atoms with Crippen LogP contribution < -0.4 is 0 Å². The summed E-state index contributed by atoms with van der Waals surface area (Å²) in [5.41, 5.74) is 0. The van der Waals surface area contributed by atoms with Gasteiger partial charge in [0.25, 0.3) is 0 Å². The Bertz CT molecular complexity index is 121. The van der Waals surface area contributed by atoms with Crippen molar-refractivity contribution in [1.29, 1.82) is 0 Å². The Morgan fingerprint density at radius 3 is 2.33 bits per heavy atom. The number of hydrogen-bond donors (Lipinski definition) is 0. The number of alkyl halides is 1. The van der Waals surface area contributed by atoms with E-state index < -0.39 is 0 Å². The van der Waals surface area contributed by atoms with Gasteiger partial charge in [-0.05, 0) is 25.2 Å². The van der Waals surface area contributed by atoms with Crippen LogP contribution in [0.4, 0.5) is 0 Å². The fraction of sp³-hybridized carbons (Fsp3) is 0.818. The maximum Gasteiger partial charge on any atom is 0.00659 e. The molecule has 1 rings (SSSR count). The van der Waals surface area contributed by atoms with Gasteiger partial charge in [0.2, 0.25) is 0 Å². The van der Waals surface area contributed by atoms with Gasteiger partial charge in [-0.3, -0.25) is 0 Å². The van der Waals surface area contributed by atoms with Gasteiger partial charge in [-0.2, -0.15) is 0 Å². The molecule has 12 heavy (non-hydrogen) atoms. The summed E-state index contributed by atoms with van der Waals surface area (Å²) < 4.78 is 0. The van der Waals surface area contributed by atoms with Crippen LogP contribution in [0.1, 0.15) is 44.9 Å². The first-order valence-corrected chi connectivity index (χ1v) is 6.28. The highest BCUT2D eigenvalue weighted by molar-refractivity contribution is 9.09. The zero-order valence-electron chi connectivity index (χ0n) is 7.77. The van der Waals surface area contributed by atoms with E-state index in [1.54, 1.807) is 0 Å². The third-order valence-electron chi connectivity index (χ3n) is 2.58. The van der Waals surface area contributed by atoms with Crippen molar-refractivity contribution in [3.63, 3.8) is 0 Å². The zero-order valence-corrected chi connectivity index (χ0v) is 9.35. The topological polar surface area (TPSA) is 0 Å². The maximum atomic E-state index is 3.44. The number of hydrogen-bond acceptors (Lipinski definition) is 0. The summed E-state index contributed by atoms with van der Waals surface area (Å²) in [6, 6.07) is 0. The molecular formula is C11H19Br. The minimum absolute atomic E-state index is 0.895. The molecule has 0 aromatic rings. The van der Waals surface area contributed by atoms with Gasteiger partial charge in [0, 0.05) is 5.33 Å². The highest BCUT2D eigenvalue weighted by Gasteiger charge is 2.07. The number of allylic oxidation sites excluding steroid dienone is 2. The Balaban J connectivity index is 2.19. The molecule has 0 aliphatic heterocycles. The molecule has 1 heteroatoms. The second-order valence-electron chi connectivity index (χ2n) is 3.66. The van der Waals surface area contributed by atoms with E-state index in [0.29, 0.717) is 0 Å². The van der Waals surface area contributed by atoms with E-state index in [9.17, 15) is 0 Å². The SMILES string of the molecule is BrCC/C=C/C1CCCCCC1. The maximum absolute atomic E-state index is 3.44. The molecule has 0 radical (unpaired) electrons. The lowest BCUT2D eigenvalue weighted by Gasteiger charge is -2.06. The summed E-state index contributed by atoms with van der Waals surface area (Å²) in [6.45, 7) is 0. The van der Waals surface area contributed by atoms with Gasteiger partial charge in [-0.15, -0.1) is 0 Å². The van der Waals surface area contributed by atoms with Crippen LogP contribution in [0.3, 0.4) is 0 Å². The van der Waals surface area contributed by atoms with Gasteiger partial charge in [0.05, 0.1) is 0 Å². The van der Waals surface area contributed by atoms with Crippen molar-refractivity contribution in [2.45, 2.75) is 44.9 Å². The summed E-state index contributed by atoms with van der Waals surface area (Å²) in [5, 5.41) is 1.11. The van der Waals surface area contributed by atoms with Crippen molar-refractivity contribution < 1.29 is 0 Å². The molecule has 0 nitrogen and oxygen atoms in total. The molecule has 0 aromatic carbocycles. The normalized spacial score (nSPS) is 21.4.